The summed E-state index contributed by atoms with van der Waals surface area (Å²) >= 11 is 0. The third-order valence-electron chi connectivity index (χ3n) is 4.54. The van der Waals surface area contributed by atoms with Gasteiger partial charge < -0.3 is 15.4 Å². The van der Waals surface area contributed by atoms with Crippen LogP contribution in [-0.4, -0.2) is 68.7 Å². The number of amides is 4. The monoisotopic (exact) mass is 356 g/mol. The molecular formula is C17H32N4O4. The minimum atomic E-state index is -0.515. The summed E-state index contributed by atoms with van der Waals surface area (Å²) in [6, 6.07) is -0.355. The lowest BCUT2D eigenvalue weighted by atomic mass is 9.95. The first-order chi connectivity index (χ1) is 11.8. The number of carbonyl (C=O) groups is 3. The van der Waals surface area contributed by atoms with Crippen LogP contribution in [0.5, 0.6) is 0 Å². The van der Waals surface area contributed by atoms with Gasteiger partial charge in [0.25, 0.3) is 0 Å². The van der Waals surface area contributed by atoms with Gasteiger partial charge in [-0.1, -0.05) is 13.8 Å². The Hall–Kier alpha value is -1.67. The molecule has 0 aromatic carbocycles. The molecule has 1 fully saturated rings. The maximum atomic E-state index is 12.2. The molecule has 0 aliphatic carbocycles. The van der Waals surface area contributed by atoms with Crippen LogP contribution in [0.4, 0.5) is 4.79 Å². The summed E-state index contributed by atoms with van der Waals surface area (Å²) in [5.74, 6) is 0.162. The molecule has 4 amide bonds. The second kappa shape index (κ2) is 11.0. The van der Waals surface area contributed by atoms with E-state index in [0.717, 1.165) is 12.8 Å². The van der Waals surface area contributed by atoms with Gasteiger partial charge in [0.05, 0.1) is 13.2 Å². The highest BCUT2D eigenvalue weighted by Gasteiger charge is 2.27. The van der Waals surface area contributed by atoms with E-state index in [-0.39, 0.29) is 30.3 Å². The average molecular weight is 356 g/mol. The van der Waals surface area contributed by atoms with Crippen LogP contribution in [0, 0.1) is 11.8 Å². The standard InChI is InChI=1S/C17H32N4O4/c1-12(2)13(3)19-16(23)14-5-8-21(9-6-14)11-15(22)20-17(24)18-7-10-25-4/h12-14H,5-11H2,1-4H3,(H,19,23)(H2,18,20,22,24). The number of imide groups is 1. The number of nitrogens with zero attached hydrogens (tertiary/aromatic N) is 1. The zero-order chi connectivity index (χ0) is 18.8. The van der Waals surface area contributed by atoms with Crippen LogP contribution in [0.2, 0.25) is 0 Å². The second-order valence-corrected chi connectivity index (χ2v) is 6.89. The lowest BCUT2D eigenvalue weighted by Crippen LogP contribution is -2.48. The Balaban J connectivity index is 2.26. The SMILES string of the molecule is COCCNC(=O)NC(=O)CN1CCC(C(=O)NC(C)C(C)C)CC1. The summed E-state index contributed by atoms with van der Waals surface area (Å²) in [5.41, 5.74) is 0. The summed E-state index contributed by atoms with van der Waals surface area (Å²) in [6.07, 6.45) is 1.45. The molecule has 1 rings (SSSR count). The Labute approximate surface area is 150 Å². The lowest BCUT2D eigenvalue weighted by Gasteiger charge is -2.31. The topological polar surface area (TPSA) is 99.8 Å². The fraction of sp³-hybridized carbons (Fsp3) is 0.824. The Morgan fingerprint density at radius 2 is 1.80 bits per heavy atom. The number of methoxy groups -OCH3 is 1. The number of urea groups is 1. The van der Waals surface area contributed by atoms with E-state index in [2.05, 4.69) is 29.8 Å². The van der Waals surface area contributed by atoms with Crippen molar-refractivity contribution >= 4 is 17.8 Å². The Kier molecular flexibility index (Phi) is 9.44. The van der Waals surface area contributed by atoms with Gasteiger partial charge in [-0.3, -0.25) is 19.8 Å². The smallest absolute Gasteiger partial charge is 0.321 e. The number of hydrogen-bond acceptors (Lipinski definition) is 5. The lowest BCUT2D eigenvalue weighted by molar-refractivity contribution is -0.127. The molecule has 0 aromatic rings. The van der Waals surface area contributed by atoms with Crippen LogP contribution < -0.4 is 16.0 Å². The molecule has 0 spiro atoms. The number of likely N-dealkylation sites (tertiary alicyclic amines) is 1. The van der Waals surface area contributed by atoms with Crippen molar-refractivity contribution in [3.8, 4) is 0 Å². The highest BCUT2D eigenvalue weighted by molar-refractivity contribution is 5.95. The van der Waals surface area contributed by atoms with Crippen molar-refractivity contribution in [3.05, 3.63) is 0 Å². The van der Waals surface area contributed by atoms with E-state index in [1.165, 1.54) is 7.11 Å². The molecule has 1 aliphatic rings. The zero-order valence-electron chi connectivity index (χ0n) is 15.8. The molecule has 1 saturated heterocycles. The van der Waals surface area contributed by atoms with Crippen molar-refractivity contribution in [2.75, 3.05) is 39.9 Å². The number of carbonyl (C=O) groups excluding carboxylic acids is 3. The Bertz CT molecular complexity index is 448. The highest BCUT2D eigenvalue weighted by atomic mass is 16.5. The number of rotatable bonds is 8. The molecule has 0 bridgehead atoms. The molecule has 0 radical (unpaired) electrons. The number of nitrogens with one attached hydrogen (secondary N) is 3. The highest BCUT2D eigenvalue weighted by Crippen LogP contribution is 2.17. The molecule has 8 nitrogen and oxygen atoms in total. The summed E-state index contributed by atoms with van der Waals surface area (Å²) in [4.78, 5) is 37.6. The average Bonchev–Trinajstić information content (AvgIpc) is 2.55. The molecule has 8 heteroatoms. The van der Waals surface area contributed by atoms with Gasteiger partial charge in [-0.25, -0.2) is 4.79 Å². The number of hydrogen-bond donors (Lipinski definition) is 3. The van der Waals surface area contributed by atoms with Gasteiger partial charge in [0.1, 0.15) is 0 Å². The summed E-state index contributed by atoms with van der Waals surface area (Å²) < 4.78 is 4.82. The first-order valence-electron chi connectivity index (χ1n) is 8.92. The molecule has 144 valence electrons. The molecular weight excluding hydrogens is 324 g/mol. The molecule has 25 heavy (non-hydrogen) atoms. The fourth-order valence-electron chi connectivity index (χ4n) is 2.54. The van der Waals surface area contributed by atoms with Crippen molar-refractivity contribution < 1.29 is 19.1 Å². The largest absolute Gasteiger partial charge is 0.383 e. The van der Waals surface area contributed by atoms with E-state index in [1.54, 1.807) is 0 Å². The van der Waals surface area contributed by atoms with E-state index in [9.17, 15) is 14.4 Å². The summed E-state index contributed by atoms with van der Waals surface area (Å²) in [5, 5.41) is 7.88. The van der Waals surface area contributed by atoms with Gasteiger partial charge in [0.15, 0.2) is 0 Å². The van der Waals surface area contributed by atoms with Crippen LogP contribution in [0.1, 0.15) is 33.6 Å². The molecule has 1 heterocycles. The van der Waals surface area contributed by atoms with Crippen LogP contribution in [0.15, 0.2) is 0 Å². The van der Waals surface area contributed by atoms with Gasteiger partial charge in [-0.2, -0.15) is 0 Å². The summed E-state index contributed by atoms with van der Waals surface area (Å²) in [6.45, 7) is 8.43. The van der Waals surface area contributed by atoms with Crippen molar-refractivity contribution in [2.24, 2.45) is 11.8 Å². The maximum Gasteiger partial charge on any atom is 0.321 e. The third-order valence-corrected chi connectivity index (χ3v) is 4.54. The maximum absolute atomic E-state index is 12.2. The molecule has 0 aromatic heterocycles. The first kappa shape index (κ1) is 21.4. The van der Waals surface area contributed by atoms with E-state index in [4.69, 9.17) is 4.74 Å². The predicted molar refractivity (Wildman–Crippen MR) is 95.0 cm³/mol. The second-order valence-electron chi connectivity index (χ2n) is 6.89. The Morgan fingerprint density at radius 3 is 2.36 bits per heavy atom. The van der Waals surface area contributed by atoms with Crippen molar-refractivity contribution in [2.45, 2.75) is 39.7 Å². The minimum absolute atomic E-state index is 0.00199. The van der Waals surface area contributed by atoms with Gasteiger partial charge in [-0.15, -0.1) is 0 Å². The van der Waals surface area contributed by atoms with Crippen LogP contribution in [-0.2, 0) is 14.3 Å². The van der Waals surface area contributed by atoms with Crippen LogP contribution >= 0.6 is 0 Å². The molecule has 3 N–H and O–H groups in total. The third kappa shape index (κ3) is 8.31. The molecule has 1 atom stereocenters. The van der Waals surface area contributed by atoms with Gasteiger partial charge in [0, 0.05) is 25.6 Å². The zero-order valence-corrected chi connectivity index (χ0v) is 15.8. The van der Waals surface area contributed by atoms with Crippen LogP contribution in [0.3, 0.4) is 0 Å². The van der Waals surface area contributed by atoms with E-state index < -0.39 is 6.03 Å². The van der Waals surface area contributed by atoms with Crippen molar-refractivity contribution in [3.63, 3.8) is 0 Å². The van der Waals surface area contributed by atoms with Gasteiger partial charge in [-0.05, 0) is 38.8 Å². The predicted octanol–water partition coefficient (Wildman–Crippen LogP) is 0.331. The number of piperidine rings is 1. The van der Waals surface area contributed by atoms with E-state index in [0.29, 0.717) is 32.2 Å². The Morgan fingerprint density at radius 1 is 1.16 bits per heavy atom. The number of ether oxygens (including phenoxy) is 1. The normalized spacial score (nSPS) is 17.2. The summed E-state index contributed by atoms with van der Waals surface area (Å²) in [7, 11) is 1.54. The first-order valence-corrected chi connectivity index (χ1v) is 8.92. The van der Waals surface area contributed by atoms with E-state index in [1.807, 2.05) is 11.8 Å². The van der Waals surface area contributed by atoms with Crippen molar-refractivity contribution in [1.82, 2.24) is 20.9 Å². The molecule has 1 aliphatic heterocycles. The van der Waals surface area contributed by atoms with Crippen molar-refractivity contribution in [1.29, 1.82) is 0 Å². The quantitative estimate of drug-likeness (QED) is 0.544. The fourth-order valence-corrected chi connectivity index (χ4v) is 2.54. The minimum Gasteiger partial charge on any atom is -0.383 e. The van der Waals surface area contributed by atoms with Gasteiger partial charge >= 0.3 is 6.03 Å². The molecule has 0 saturated carbocycles. The van der Waals surface area contributed by atoms with E-state index >= 15 is 0 Å². The van der Waals surface area contributed by atoms with Gasteiger partial charge in [0.2, 0.25) is 11.8 Å². The van der Waals surface area contributed by atoms with Crippen LogP contribution in [0.25, 0.3) is 0 Å². The molecule has 1 unspecified atom stereocenters.